The molecule has 8 nitrogen and oxygen atoms in total. The van der Waals surface area contributed by atoms with Crippen molar-refractivity contribution in [3.05, 3.63) is 59.7 Å². The normalized spacial score (nSPS) is 19.1. The molecule has 0 aromatic heterocycles. The first-order chi connectivity index (χ1) is 14.5. The number of hydroxylamine groups is 1. The summed E-state index contributed by atoms with van der Waals surface area (Å²) in [5.74, 6) is -1.00. The monoisotopic (exact) mass is 446 g/mol. The van der Waals surface area contributed by atoms with E-state index in [-0.39, 0.29) is 6.42 Å². The third-order valence-electron chi connectivity index (χ3n) is 5.69. The van der Waals surface area contributed by atoms with Crippen LogP contribution in [0, 0.1) is 0 Å². The average Bonchev–Trinajstić information content (AvgIpc) is 3.20. The lowest BCUT2D eigenvalue weighted by Gasteiger charge is -2.26. The van der Waals surface area contributed by atoms with Gasteiger partial charge in [0.2, 0.25) is 0 Å². The lowest BCUT2D eigenvalue weighted by molar-refractivity contribution is -0.132. The van der Waals surface area contributed by atoms with Gasteiger partial charge >= 0.3 is 0 Å². The number of oxime groups is 1. The van der Waals surface area contributed by atoms with E-state index in [1.165, 1.54) is 12.4 Å². The quantitative estimate of drug-likeness (QED) is 0.443. The summed E-state index contributed by atoms with van der Waals surface area (Å²) in [5.41, 5.74) is 5.78. The van der Waals surface area contributed by atoms with Crippen molar-refractivity contribution in [3.63, 3.8) is 0 Å². The summed E-state index contributed by atoms with van der Waals surface area (Å²) in [6.45, 7) is 2.98. The lowest BCUT2D eigenvalue weighted by Crippen LogP contribution is -2.51. The largest absolute Gasteiger partial charge is 0.392 e. The molecule has 9 heteroatoms. The summed E-state index contributed by atoms with van der Waals surface area (Å²) < 4.78 is 22.5. The van der Waals surface area contributed by atoms with Crippen LogP contribution >= 0.6 is 0 Å². The summed E-state index contributed by atoms with van der Waals surface area (Å²) in [5, 5.41) is 22.7. The Morgan fingerprint density at radius 3 is 2.16 bits per heavy atom. The number of nitrogens with zero attached hydrogens (tertiary/aromatic N) is 1. The number of hydrogen-bond donors (Lipinski definition) is 3. The fourth-order valence-electron chi connectivity index (χ4n) is 3.48. The lowest BCUT2D eigenvalue weighted by atomic mass is 9.95. The van der Waals surface area contributed by atoms with E-state index in [0.29, 0.717) is 12.1 Å². The summed E-state index contributed by atoms with van der Waals surface area (Å²) in [4.78, 5) is 17.4. The highest BCUT2D eigenvalue weighted by Crippen LogP contribution is 2.30. The maximum atomic E-state index is 12.1. The van der Waals surface area contributed by atoms with E-state index in [1.54, 1.807) is 6.92 Å². The fourth-order valence-corrected chi connectivity index (χ4v) is 4.35. The van der Waals surface area contributed by atoms with Crippen molar-refractivity contribution in [1.82, 2.24) is 5.48 Å². The van der Waals surface area contributed by atoms with Gasteiger partial charge in [-0.15, -0.1) is 0 Å². The second kappa shape index (κ2) is 8.78. The third-order valence-corrected chi connectivity index (χ3v) is 7.68. The summed E-state index contributed by atoms with van der Waals surface area (Å²) in [6.07, 6.45) is 0.0221. The molecule has 3 rings (SSSR count). The van der Waals surface area contributed by atoms with Crippen molar-refractivity contribution >= 4 is 21.5 Å². The molecule has 2 aromatic rings. The van der Waals surface area contributed by atoms with Crippen LogP contribution in [0.3, 0.4) is 0 Å². The van der Waals surface area contributed by atoms with Crippen LogP contribution in [-0.4, -0.2) is 47.5 Å². The SMILES string of the molecule is C[C@H](O)c1ccc(-c2ccc(C3=NO[C@@H](C[C@](C)(C(=O)NO)S(C)(=O)=O)C3)cc2)cc1. The average molecular weight is 447 g/mol. The number of hydrogen-bond acceptors (Lipinski definition) is 7. The van der Waals surface area contributed by atoms with Gasteiger partial charge < -0.3 is 9.94 Å². The molecule has 0 unspecified atom stereocenters. The number of carbonyl (C=O) groups excluding carboxylic acids is 1. The van der Waals surface area contributed by atoms with E-state index in [1.807, 2.05) is 48.5 Å². The van der Waals surface area contributed by atoms with Gasteiger partial charge in [0.1, 0.15) is 6.10 Å². The zero-order valence-corrected chi connectivity index (χ0v) is 18.4. The Bertz CT molecular complexity index is 1080. The van der Waals surface area contributed by atoms with Crippen LogP contribution < -0.4 is 5.48 Å². The highest BCUT2D eigenvalue weighted by atomic mass is 32.2. The highest BCUT2D eigenvalue weighted by molar-refractivity contribution is 7.92. The van der Waals surface area contributed by atoms with Crippen molar-refractivity contribution in [3.8, 4) is 11.1 Å². The van der Waals surface area contributed by atoms with E-state index in [0.717, 1.165) is 28.5 Å². The minimum absolute atomic E-state index is 0.140. The van der Waals surface area contributed by atoms with Gasteiger partial charge in [0.15, 0.2) is 14.6 Å². The minimum Gasteiger partial charge on any atom is -0.392 e. The van der Waals surface area contributed by atoms with Crippen molar-refractivity contribution in [2.75, 3.05) is 6.26 Å². The van der Waals surface area contributed by atoms with Gasteiger partial charge in [0.25, 0.3) is 5.91 Å². The van der Waals surface area contributed by atoms with Crippen LogP contribution in [0.15, 0.2) is 53.7 Å². The number of amides is 1. The molecular formula is C22H26N2O6S. The molecule has 3 atom stereocenters. The number of nitrogens with one attached hydrogen (secondary N) is 1. The molecule has 1 aliphatic heterocycles. The Labute approximate surface area is 181 Å². The molecule has 0 saturated carbocycles. The first-order valence-electron chi connectivity index (χ1n) is 9.81. The zero-order valence-electron chi connectivity index (χ0n) is 17.6. The molecule has 1 heterocycles. The highest BCUT2D eigenvalue weighted by Gasteiger charge is 2.47. The smallest absolute Gasteiger partial charge is 0.264 e. The van der Waals surface area contributed by atoms with Gasteiger partial charge in [0.05, 0.1) is 11.8 Å². The fraction of sp³-hybridized carbons (Fsp3) is 0.364. The van der Waals surface area contributed by atoms with Crippen LogP contribution in [0.1, 0.15) is 43.9 Å². The van der Waals surface area contributed by atoms with E-state index < -0.39 is 32.7 Å². The summed E-state index contributed by atoms with van der Waals surface area (Å²) in [7, 11) is -3.81. The summed E-state index contributed by atoms with van der Waals surface area (Å²) >= 11 is 0. The van der Waals surface area contributed by atoms with E-state index in [9.17, 15) is 18.3 Å². The van der Waals surface area contributed by atoms with E-state index in [2.05, 4.69) is 5.16 Å². The molecule has 0 spiro atoms. The molecule has 2 aromatic carbocycles. The van der Waals surface area contributed by atoms with Crippen LogP contribution in [0.2, 0.25) is 0 Å². The molecule has 3 N–H and O–H groups in total. The van der Waals surface area contributed by atoms with Crippen molar-refractivity contribution in [2.45, 2.75) is 43.6 Å². The predicted molar refractivity (Wildman–Crippen MR) is 116 cm³/mol. The molecular weight excluding hydrogens is 420 g/mol. The maximum absolute atomic E-state index is 12.1. The van der Waals surface area contributed by atoms with Gasteiger partial charge in [-0.3, -0.25) is 10.0 Å². The molecule has 0 aliphatic carbocycles. The second-order valence-corrected chi connectivity index (χ2v) is 10.4. The van der Waals surface area contributed by atoms with Gasteiger partial charge in [-0.1, -0.05) is 53.7 Å². The van der Waals surface area contributed by atoms with Gasteiger partial charge in [-0.05, 0) is 36.1 Å². The second-order valence-electron chi connectivity index (χ2n) is 7.99. The summed E-state index contributed by atoms with van der Waals surface area (Å²) in [6, 6.07) is 15.4. The topological polar surface area (TPSA) is 125 Å². The van der Waals surface area contributed by atoms with Crippen LogP contribution in [0.25, 0.3) is 11.1 Å². The van der Waals surface area contributed by atoms with E-state index >= 15 is 0 Å². The number of sulfone groups is 1. The molecule has 1 aliphatic rings. The Kier molecular flexibility index (Phi) is 6.49. The molecule has 1 amide bonds. The molecule has 0 radical (unpaired) electrons. The molecule has 166 valence electrons. The molecule has 0 fully saturated rings. The molecule has 31 heavy (non-hydrogen) atoms. The number of carbonyl (C=O) groups is 1. The Morgan fingerprint density at radius 2 is 1.68 bits per heavy atom. The molecule has 0 saturated heterocycles. The van der Waals surface area contributed by atoms with Gasteiger partial charge in [0, 0.05) is 19.1 Å². The first-order valence-corrected chi connectivity index (χ1v) is 11.7. The Hall–Kier alpha value is -2.75. The number of aliphatic hydroxyl groups excluding tert-OH is 1. The first kappa shape index (κ1) is 22.9. The number of rotatable bonds is 7. The van der Waals surface area contributed by atoms with Crippen LogP contribution in [0.4, 0.5) is 0 Å². The standard InChI is InChI=1S/C22H26N2O6S/c1-14(25)15-4-6-16(7-5-15)17-8-10-18(11-9-17)20-12-19(30-24-20)13-22(2,21(26)23-27)31(3,28)29/h4-11,14,19,25,27H,12-13H2,1-3H3,(H,23,26)/t14-,19+,22+/m0/s1. The van der Waals surface area contributed by atoms with Gasteiger partial charge in [-0.2, -0.15) is 0 Å². The number of aliphatic hydroxyl groups is 1. The Balaban J connectivity index is 1.70. The van der Waals surface area contributed by atoms with Crippen molar-refractivity contribution in [1.29, 1.82) is 0 Å². The zero-order chi connectivity index (χ0) is 22.8. The van der Waals surface area contributed by atoms with Crippen LogP contribution in [0.5, 0.6) is 0 Å². The van der Waals surface area contributed by atoms with Crippen molar-refractivity contribution < 1.29 is 28.4 Å². The minimum atomic E-state index is -3.81. The molecule has 0 bridgehead atoms. The Morgan fingerprint density at radius 1 is 1.16 bits per heavy atom. The maximum Gasteiger partial charge on any atom is 0.264 e. The third kappa shape index (κ3) is 4.79. The van der Waals surface area contributed by atoms with Gasteiger partial charge in [-0.25, -0.2) is 13.9 Å². The number of benzene rings is 2. The van der Waals surface area contributed by atoms with E-state index in [4.69, 9.17) is 10.0 Å². The predicted octanol–water partition coefficient (Wildman–Crippen LogP) is 2.60. The van der Waals surface area contributed by atoms with Crippen LogP contribution in [-0.2, 0) is 19.5 Å². The van der Waals surface area contributed by atoms with Crippen molar-refractivity contribution in [2.24, 2.45) is 5.16 Å².